The van der Waals surface area contributed by atoms with Gasteiger partial charge in [-0.15, -0.1) is 0 Å². The van der Waals surface area contributed by atoms with E-state index in [0.717, 1.165) is 12.0 Å². The van der Waals surface area contributed by atoms with Crippen molar-refractivity contribution in [3.05, 3.63) is 42.4 Å². The third-order valence-corrected chi connectivity index (χ3v) is 5.04. The zero-order valence-corrected chi connectivity index (χ0v) is 13.3. The number of nitrogens with zero attached hydrogens (tertiary/aromatic N) is 2. The molecule has 2 fully saturated rings. The van der Waals surface area contributed by atoms with Gasteiger partial charge in [0.1, 0.15) is 0 Å². The molecule has 0 bridgehead atoms. The molecule has 2 aliphatic rings. The van der Waals surface area contributed by atoms with E-state index in [1.165, 1.54) is 0 Å². The number of aromatic nitrogens is 2. The van der Waals surface area contributed by atoms with Crippen LogP contribution in [-0.2, 0) is 4.74 Å². The molecule has 1 aliphatic heterocycles. The number of halogens is 2. The summed E-state index contributed by atoms with van der Waals surface area (Å²) in [5.74, 6) is -3.36. The maximum absolute atomic E-state index is 13.8. The molecule has 23 heavy (non-hydrogen) atoms. The predicted octanol–water partition coefficient (Wildman–Crippen LogP) is 4.41. The molecule has 4 rings (SSSR count). The number of benzene rings is 1. The molecule has 2 heterocycles. The minimum atomic E-state index is -2.62. The Morgan fingerprint density at radius 3 is 2.48 bits per heavy atom. The topological polar surface area (TPSA) is 27.1 Å². The van der Waals surface area contributed by atoms with E-state index >= 15 is 0 Å². The Morgan fingerprint density at radius 1 is 1.22 bits per heavy atom. The first-order valence-electron chi connectivity index (χ1n) is 8.04. The fourth-order valence-corrected chi connectivity index (χ4v) is 3.64. The summed E-state index contributed by atoms with van der Waals surface area (Å²) in [6.45, 7) is 4.68. The number of hydrogen-bond donors (Lipinski definition) is 0. The molecule has 0 spiro atoms. The smallest absolute Gasteiger partial charge is 0.257 e. The average molecular weight is 318 g/mol. The van der Waals surface area contributed by atoms with Gasteiger partial charge >= 0.3 is 0 Å². The van der Waals surface area contributed by atoms with Crippen molar-refractivity contribution in [2.75, 3.05) is 6.61 Å². The lowest BCUT2D eigenvalue weighted by molar-refractivity contribution is 0.0134. The fourth-order valence-electron chi connectivity index (χ4n) is 3.64. The molecule has 0 amide bonds. The summed E-state index contributed by atoms with van der Waals surface area (Å²) in [6, 6.07) is 9.62. The van der Waals surface area contributed by atoms with Crippen LogP contribution in [-0.4, -0.2) is 27.7 Å². The summed E-state index contributed by atoms with van der Waals surface area (Å²) >= 11 is 0. The SMILES string of the molecule is CC1(C)OCCC1n1cnc(-c2ccccc2)c1C1CC1(F)F. The Labute approximate surface area is 134 Å². The number of rotatable bonds is 3. The monoisotopic (exact) mass is 318 g/mol. The Balaban J connectivity index is 1.83. The second kappa shape index (κ2) is 4.87. The number of ether oxygens (including phenoxy) is 1. The summed E-state index contributed by atoms with van der Waals surface area (Å²) in [7, 11) is 0. The molecule has 2 atom stereocenters. The van der Waals surface area contributed by atoms with Crippen molar-refractivity contribution in [1.82, 2.24) is 9.55 Å². The van der Waals surface area contributed by atoms with Gasteiger partial charge in [-0.3, -0.25) is 0 Å². The van der Waals surface area contributed by atoms with Crippen molar-refractivity contribution >= 4 is 0 Å². The third kappa shape index (κ3) is 2.38. The molecule has 1 aliphatic carbocycles. The highest BCUT2D eigenvalue weighted by atomic mass is 19.3. The zero-order chi connectivity index (χ0) is 16.2. The fraction of sp³-hybridized carbons (Fsp3) is 0.500. The highest BCUT2D eigenvalue weighted by molar-refractivity contribution is 5.64. The molecular formula is C18H20F2N2O. The lowest BCUT2D eigenvalue weighted by Gasteiger charge is -2.28. The van der Waals surface area contributed by atoms with Crippen molar-refractivity contribution in [1.29, 1.82) is 0 Å². The standard InChI is InChI=1S/C18H20F2N2O/c1-17(2)14(8-9-23-17)22-11-21-15(12-6-4-3-5-7-12)16(22)13-10-18(13,19)20/h3-7,11,13-14H,8-10H2,1-2H3. The second-order valence-corrected chi connectivity index (χ2v) is 7.03. The molecule has 0 N–H and O–H groups in total. The van der Waals surface area contributed by atoms with Crippen LogP contribution in [0.3, 0.4) is 0 Å². The van der Waals surface area contributed by atoms with Crippen molar-refractivity contribution in [2.24, 2.45) is 0 Å². The Hall–Kier alpha value is -1.75. The molecule has 2 unspecified atom stereocenters. The maximum Gasteiger partial charge on any atom is 0.257 e. The van der Waals surface area contributed by atoms with E-state index < -0.39 is 11.8 Å². The summed E-state index contributed by atoms with van der Waals surface area (Å²) in [6.07, 6.45) is 2.45. The Morgan fingerprint density at radius 2 is 1.91 bits per heavy atom. The van der Waals surface area contributed by atoms with E-state index in [2.05, 4.69) is 4.98 Å². The first-order chi connectivity index (χ1) is 10.9. The van der Waals surface area contributed by atoms with Gasteiger partial charge < -0.3 is 9.30 Å². The lowest BCUT2D eigenvalue weighted by Crippen LogP contribution is -2.30. The van der Waals surface area contributed by atoms with Crippen LogP contribution in [0, 0.1) is 0 Å². The van der Waals surface area contributed by atoms with Crippen LogP contribution >= 0.6 is 0 Å². The lowest BCUT2D eigenvalue weighted by atomic mass is 9.97. The number of alkyl halides is 2. The van der Waals surface area contributed by atoms with Gasteiger partial charge in [-0.05, 0) is 20.3 Å². The van der Waals surface area contributed by atoms with Crippen LogP contribution in [0.25, 0.3) is 11.3 Å². The van der Waals surface area contributed by atoms with Crippen molar-refractivity contribution in [3.8, 4) is 11.3 Å². The Bertz CT molecular complexity index is 724. The first-order valence-corrected chi connectivity index (χ1v) is 8.04. The van der Waals surface area contributed by atoms with Gasteiger partial charge in [-0.2, -0.15) is 0 Å². The van der Waals surface area contributed by atoms with Gasteiger partial charge in [-0.25, -0.2) is 13.8 Å². The summed E-state index contributed by atoms with van der Waals surface area (Å²) < 4.78 is 35.4. The molecule has 1 aromatic carbocycles. The first kappa shape index (κ1) is 14.8. The van der Waals surface area contributed by atoms with E-state index in [0.29, 0.717) is 18.0 Å². The van der Waals surface area contributed by atoms with Gasteiger partial charge in [0.2, 0.25) is 0 Å². The number of imidazole rings is 1. The van der Waals surface area contributed by atoms with Gasteiger partial charge in [-0.1, -0.05) is 30.3 Å². The molecular weight excluding hydrogens is 298 g/mol. The molecule has 5 heteroatoms. The largest absolute Gasteiger partial charge is 0.373 e. The molecule has 1 aromatic heterocycles. The zero-order valence-electron chi connectivity index (χ0n) is 13.3. The predicted molar refractivity (Wildman–Crippen MR) is 83.7 cm³/mol. The van der Waals surface area contributed by atoms with E-state index in [9.17, 15) is 8.78 Å². The molecule has 2 aromatic rings. The normalized spacial score (nSPS) is 28.0. The van der Waals surface area contributed by atoms with Gasteiger partial charge in [0, 0.05) is 18.6 Å². The minimum absolute atomic E-state index is 0.0406. The van der Waals surface area contributed by atoms with E-state index in [4.69, 9.17) is 4.74 Å². The average Bonchev–Trinajstić information content (AvgIpc) is 2.87. The van der Waals surface area contributed by atoms with Gasteiger partial charge in [0.15, 0.2) is 0 Å². The van der Waals surface area contributed by atoms with Crippen LogP contribution in [0.4, 0.5) is 8.78 Å². The summed E-state index contributed by atoms with van der Waals surface area (Å²) in [5.41, 5.74) is 1.86. The van der Waals surface area contributed by atoms with Gasteiger partial charge in [0.05, 0.1) is 35.3 Å². The summed E-state index contributed by atoms with van der Waals surface area (Å²) in [5, 5.41) is 0. The van der Waals surface area contributed by atoms with Crippen LogP contribution < -0.4 is 0 Å². The summed E-state index contributed by atoms with van der Waals surface area (Å²) in [4.78, 5) is 4.50. The van der Waals surface area contributed by atoms with Crippen LogP contribution in [0.2, 0.25) is 0 Å². The molecule has 3 nitrogen and oxygen atoms in total. The van der Waals surface area contributed by atoms with Crippen LogP contribution in [0.1, 0.15) is 44.3 Å². The highest BCUT2D eigenvalue weighted by Gasteiger charge is 2.60. The second-order valence-electron chi connectivity index (χ2n) is 7.03. The quantitative estimate of drug-likeness (QED) is 0.838. The molecule has 122 valence electrons. The van der Waals surface area contributed by atoms with E-state index in [-0.39, 0.29) is 18.1 Å². The maximum atomic E-state index is 13.8. The van der Waals surface area contributed by atoms with Crippen molar-refractivity contribution < 1.29 is 13.5 Å². The van der Waals surface area contributed by atoms with Crippen molar-refractivity contribution in [2.45, 2.75) is 50.2 Å². The number of hydrogen-bond acceptors (Lipinski definition) is 2. The van der Waals surface area contributed by atoms with Crippen LogP contribution in [0.15, 0.2) is 36.7 Å². The highest BCUT2D eigenvalue weighted by Crippen LogP contribution is 2.58. The Kier molecular flexibility index (Phi) is 3.14. The third-order valence-electron chi connectivity index (χ3n) is 5.04. The van der Waals surface area contributed by atoms with Gasteiger partial charge in [0.25, 0.3) is 5.92 Å². The molecule has 1 saturated carbocycles. The van der Waals surface area contributed by atoms with E-state index in [1.54, 1.807) is 6.33 Å². The van der Waals surface area contributed by atoms with Crippen molar-refractivity contribution in [3.63, 3.8) is 0 Å². The molecule has 1 saturated heterocycles. The minimum Gasteiger partial charge on any atom is -0.373 e. The van der Waals surface area contributed by atoms with E-state index in [1.807, 2.05) is 48.7 Å². The van der Waals surface area contributed by atoms with Crippen LogP contribution in [0.5, 0.6) is 0 Å². The molecule has 0 radical (unpaired) electrons.